The molecular weight excluding hydrogens is 218 g/mol. The summed E-state index contributed by atoms with van der Waals surface area (Å²) in [5.41, 5.74) is 1.36. The molecule has 1 aliphatic carbocycles. The maximum Gasteiger partial charge on any atom is 0.272 e. The first-order valence-electron chi connectivity index (χ1n) is 6.07. The molecule has 0 saturated heterocycles. The zero-order valence-corrected chi connectivity index (χ0v) is 10.3. The standard InChI is InChI=1S/C12H19N3O2/c1-8-7-10(14-15(8)2)12(17)13-9-5-3-4-6-11(9)16/h7,9,11,16H,3-6H2,1-2H3,(H,13,17)/t9-,11-/m0/s1. The summed E-state index contributed by atoms with van der Waals surface area (Å²) >= 11 is 0. The Bertz CT molecular complexity index is 394. The molecule has 1 aromatic heterocycles. The van der Waals surface area contributed by atoms with Gasteiger partial charge in [0, 0.05) is 12.7 Å². The molecule has 0 unspecified atom stereocenters. The number of nitrogens with zero attached hydrogens (tertiary/aromatic N) is 2. The van der Waals surface area contributed by atoms with Crippen LogP contribution in [0, 0.1) is 6.92 Å². The van der Waals surface area contributed by atoms with Gasteiger partial charge in [-0.3, -0.25) is 9.48 Å². The number of nitrogens with one attached hydrogen (secondary N) is 1. The van der Waals surface area contributed by atoms with E-state index in [1.54, 1.807) is 10.7 Å². The van der Waals surface area contributed by atoms with Crippen molar-refractivity contribution in [1.82, 2.24) is 15.1 Å². The van der Waals surface area contributed by atoms with E-state index in [1.165, 1.54) is 0 Å². The number of hydrogen-bond donors (Lipinski definition) is 2. The van der Waals surface area contributed by atoms with Crippen molar-refractivity contribution in [1.29, 1.82) is 0 Å². The van der Waals surface area contributed by atoms with Crippen LogP contribution in [0.4, 0.5) is 0 Å². The number of carbonyl (C=O) groups is 1. The Morgan fingerprint density at radius 2 is 2.24 bits per heavy atom. The second-order valence-corrected chi connectivity index (χ2v) is 4.73. The average Bonchev–Trinajstić information content (AvgIpc) is 2.63. The van der Waals surface area contributed by atoms with Crippen molar-refractivity contribution in [2.75, 3.05) is 0 Å². The van der Waals surface area contributed by atoms with Crippen molar-refractivity contribution in [2.45, 2.75) is 44.8 Å². The Balaban J connectivity index is 2.01. The van der Waals surface area contributed by atoms with Gasteiger partial charge in [0.15, 0.2) is 0 Å². The molecule has 17 heavy (non-hydrogen) atoms. The number of aliphatic hydroxyl groups is 1. The quantitative estimate of drug-likeness (QED) is 0.798. The summed E-state index contributed by atoms with van der Waals surface area (Å²) in [6.45, 7) is 1.90. The van der Waals surface area contributed by atoms with Crippen LogP contribution in [0.25, 0.3) is 0 Å². The molecule has 0 aliphatic heterocycles. The molecule has 1 aliphatic rings. The van der Waals surface area contributed by atoms with Gasteiger partial charge < -0.3 is 10.4 Å². The van der Waals surface area contributed by atoms with Crippen LogP contribution in [0.15, 0.2) is 6.07 Å². The van der Waals surface area contributed by atoms with Crippen LogP contribution in [0.2, 0.25) is 0 Å². The Labute approximate surface area is 101 Å². The zero-order valence-electron chi connectivity index (χ0n) is 10.3. The molecular formula is C12H19N3O2. The van der Waals surface area contributed by atoms with E-state index in [1.807, 2.05) is 14.0 Å². The number of aromatic nitrogens is 2. The normalized spacial score (nSPS) is 24.6. The molecule has 1 aromatic rings. The Hall–Kier alpha value is -1.36. The lowest BCUT2D eigenvalue weighted by molar-refractivity contribution is 0.0713. The highest BCUT2D eigenvalue weighted by atomic mass is 16.3. The number of carbonyl (C=O) groups excluding carboxylic acids is 1. The Kier molecular flexibility index (Phi) is 3.47. The average molecular weight is 237 g/mol. The van der Waals surface area contributed by atoms with Crippen molar-refractivity contribution in [3.63, 3.8) is 0 Å². The molecule has 1 amide bonds. The molecule has 0 spiro atoms. The van der Waals surface area contributed by atoms with Crippen molar-refractivity contribution in [3.8, 4) is 0 Å². The molecule has 0 bridgehead atoms. The highest BCUT2D eigenvalue weighted by Crippen LogP contribution is 2.18. The summed E-state index contributed by atoms with van der Waals surface area (Å²) in [5.74, 6) is -0.195. The van der Waals surface area contributed by atoms with E-state index < -0.39 is 6.10 Å². The van der Waals surface area contributed by atoms with Gasteiger partial charge in [0.25, 0.3) is 5.91 Å². The van der Waals surface area contributed by atoms with Crippen molar-refractivity contribution in [2.24, 2.45) is 7.05 Å². The number of rotatable bonds is 2. The molecule has 5 nitrogen and oxygen atoms in total. The van der Waals surface area contributed by atoms with E-state index in [-0.39, 0.29) is 11.9 Å². The summed E-state index contributed by atoms with van der Waals surface area (Å²) in [5, 5.41) is 16.8. The molecule has 94 valence electrons. The van der Waals surface area contributed by atoms with Crippen LogP contribution in [0.5, 0.6) is 0 Å². The summed E-state index contributed by atoms with van der Waals surface area (Å²) < 4.78 is 1.67. The fourth-order valence-corrected chi connectivity index (χ4v) is 2.19. The van der Waals surface area contributed by atoms with E-state index in [2.05, 4.69) is 10.4 Å². The van der Waals surface area contributed by atoms with Gasteiger partial charge >= 0.3 is 0 Å². The lowest BCUT2D eigenvalue weighted by atomic mass is 9.92. The van der Waals surface area contributed by atoms with E-state index in [4.69, 9.17) is 0 Å². The first kappa shape index (κ1) is 12.1. The van der Waals surface area contributed by atoms with Crippen molar-refractivity contribution < 1.29 is 9.90 Å². The first-order chi connectivity index (χ1) is 8.08. The lowest BCUT2D eigenvalue weighted by Crippen LogP contribution is -2.45. The monoisotopic (exact) mass is 237 g/mol. The summed E-state index contributed by atoms with van der Waals surface area (Å²) in [4.78, 5) is 11.9. The predicted molar refractivity (Wildman–Crippen MR) is 63.7 cm³/mol. The fraction of sp³-hybridized carbons (Fsp3) is 0.667. The molecule has 1 heterocycles. The van der Waals surface area contributed by atoms with Gasteiger partial charge in [-0.15, -0.1) is 0 Å². The van der Waals surface area contributed by atoms with Crippen molar-refractivity contribution in [3.05, 3.63) is 17.5 Å². The van der Waals surface area contributed by atoms with Crippen LogP contribution in [-0.2, 0) is 7.05 Å². The molecule has 1 saturated carbocycles. The first-order valence-corrected chi connectivity index (χ1v) is 6.07. The Morgan fingerprint density at radius 3 is 2.82 bits per heavy atom. The second kappa shape index (κ2) is 4.87. The molecule has 0 aromatic carbocycles. The third kappa shape index (κ3) is 2.66. The van der Waals surface area contributed by atoms with Gasteiger partial charge in [-0.25, -0.2) is 0 Å². The highest BCUT2D eigenvalue weighted by molar-refractivity contribution is 5.92. The van der Waals surface area contributed by atoms with Crippen LogP contribution in [-0.4, -0.2) is 32.9 Å². The van der Waals surface area contributed by atoms with Crippen LogP contribution in [0.3, 0.4) is 0 Å². The topological polar surface area (TPSA) is 67.2 Å². The van der Waals surface area contributed by atoms with Crippen LogP contribution >= 0.6 is 0 Å². The maximum atomic E-state index is 11.9. The van der Waals surface area contributed by atoms with Gasteiger partial charge in [0.2, 0.25) is 0 Å². The number of amides is 1. The predicted octanol–water partition coefficient (Wildman–Crippen LogP) is 0.762. The third-order valence-electron chi connectivity index (χ3n) is 3.39. The zero-order chi connectivity index (χ0) is 12.4. The minimum absolute atomic E-state index is 0.126. The summed E-state index contributed by atoms with van der Waals surface area (Å²) in [6, 6.07) is 1.63. The molecule has 5 heteroatoms. The molecule has 2 rings (SSSR count). The summed E-state index contributed by atoms with van der Waals surface area (Å²) in [7, 11) is 1.81. The summed E-state index contributed by atoms with van der Waals surface area (Å²) in [6.07, 6.45) is 3.29. The third-order valence-corrected chi connectivity index (χ3v) is 3.39. The highest BCUT2D eigenvalue weighted by Gasteiger charge is 2.25. The lowest BCUT2D eigenvalue weighted by Gasteiger charge is -2.27. The van der Waals surface area contributed by atoms with Crippen LogP contribution in [0.1, 0.15) is 41.9 Å². The second-order valence-electron chi connectivity index (χ2n) is 4.73. The van der Waals surface area contributed by atoms with E-state index in [0.29, 0.717) is 5.69 Å². The van der Waals surface area contributed by atoms with E-state index >= 15 is 0 Å². The minimum atomic E-state index is -0.419. The van der Waals surface area contributed by atoms with Gasteiger partial charge in [-0.2, -0.15) is 5.10 Å². The SMILES string of the molecule is Cc1cc(C(=O)N[C@H]2CCCC[C@@H]2O)nn1C. The number of hydrogen-bond acceptors (Lipinski definition) is 3. The molecule has 0 radical (unpaired) electrons. The van der Waals surface area contributed by atoms with Gasteiger partial charge in [-0.1, -0.05) is 12.8 Å². The Morgan fingerprint density at radius 1 is 1.53 bits per heavy atom. The smallest absolute Gasteiger partial charge is 0.272 e. The van der Waals surface area contributed by atoms with Gasteiger partial charge in [0.05, 0.1) is 12.1 Å². The van der Waals surface area contributed by atoms with Crippen molar-refractivity contribution >= 4 is 5.91 Å². The molecule has 2 atom stereocenters. The van der Waals surface area contributed by atoms with Crippen LogP contribution < -0.4 is 5.32 Å². The maximum absolute atomic E-state index is 11.9. The van der Waals surface area contributed by atoms with E-state index in [9.17, 15) is 9.90 Å². The number of aryl methyl sites for hydroxylation is 2. The minimum Gasteiger partial charge on any atom is -0.391 e. The van der Waals surface area contributed by atoms with Gasteiger partial charge in [-0.05, 0) is 25.8 Å². The van der Waals surface area contributed by atoms with Gasteiger partial charge in [0.1, 0.15) is 5.69 Å². The fourth-order valence-electron chi connectivity index (χ4n) is 2.19. The largest absolute Gasteiger partial charge is 0.391 e. The van der Waals surface area contributed by atoms with E-state index in [0.717, 1.165) is 31.4 Å². The molecule has 2 N–H and O–H groups in total. The number of aliphatic hydroxyl groups excluding tert-OH is 1. The molecule has 1 fully saturated rings.